The Kier molecular flexibility index (Phi) is 5.90. The molecule has 0 N–H and O–H groups in total. The zero-order valence-electron chi connectivity index (χ0n) is 14.9. The van der Waals surface area contributed by atoms with Crippen molar-refractivity contribution in [3.63, 3.8) is 0 Å². The van der Waals surface area contributed by atoms with Gasteiger partial charge in [-0.05, 0) is 47.0 Å². The molecular formula is C23H17BrClNOS. The van der Waals surface area contributed by atoms with Gasteiger partial charge in [0.2, 0.25) is 0 Å². The third-order valence-corrected chi connectivity index (χ3v) is 6.59. The van der Waals surface area contributed by atoms with E-state index in [0.717, 1.165) is 26.1 Å². The second-order valence-electron chi connectivity index (χ2n) is 6.50. The molecule has 2 nitrogen and oxygen atoms in total. The number of nitrogens with zero attached hydrogens (tertiary/aromatic N) is 1. The molecular weight excluding hydrogens is 454 g/mol. The van der Waals surface area contributed by atoms with Crippen LogP contribution in [0.3, 0.4) is 0 Å². The highest BCUT2D eigenvalue weighted by atomic mass is 79.9. The maximum absolute atomic E-state index is 13.2. The van der Waals surface area contributed by atoms with Gasteiger partial charge in [-0.15, -0.1) is 0 Å². The van der Waals surface area contributed by atoms with E-state index in [1.54, 1.807) is 11.8 Å². The van der Waals surface area contributed by atoms with Gasteiger partial charge < -0.3 is 4.90 Å². The molecule has 28 heavy (non-hydrogen) atoms. The van der Waals surface area contributed by atoms with Gasteiger partial charge in [0.15, 0.2) is 0 Å². The van der Waals surface area contributed by atoms with Gasteiger partial charge in [0.05, 0.1) is 4.91 Å². The van der Waals surface area contributed by atoms with Gasteiger partial charge in [0, 0.05) is 16.0 Å². The molecule has 1 aliphatic heterocycles. The topological polar surface area (TPSA) is 20.3 Å². The van der Waals surface area contributed by atoms with E-state index in [2.05, 4.69) is 15.9 Å². The van der Waals surface area contributed by atoms with Crippen LogP contribution < -0.4 is 0 Å². The van der Waals surface area contributed by atoms with E-state index in [9.17, 15) is 4.79 Å². The highest BCUT2D eigenvalue weighted by molar-refractivity contribution is 9.10. The maximum Gasteiger partial charge on any atom is 0.261 e. The minimum atomic E-state index is -0.0772. The quantitative estimate of drug-likeness (QED) is 0.386. The number of hydrogen-bond donors (Lipinski definition) is 0. The zero-order valence-corrected chi connectivity index (χ0v) is 18.0. The van der Waals surface area contributed by atoms with Gasteiger partial charge in [-0.3, -0.25) is 4.79 Å². The SMILES string of the molecule is O=C1/C(=C\c2ccc(Br)cc2)SC(c2ccc(Cl)cc2)N1Cc1ccccc1. The summed E-state index contributed by atoms with van der Waals surface area (Å²) < 4.78 is 1.02. The molecule has 0 bridgehead atoms. The Morgan fingerprint density at radius 3 is 2.32 bits per heavy atom. The Morgan fingerprint density at radius 1 is 0.964 bits per heavy atom. The van der Waals surface area contributed by atoms with E-state index in [1.807, 2.05) is 89.8 Å². The Balaban J connectivity index is 1.68. The molecule has 1 heterocycles. The van der Waals surface area contributed by atoms with Crippen molar-refractivity contribution in [2.24, 2.45) is 0 Å². The third kappa shape index (κ3) is 4.35. The molecule has 140 valence electrons. The maximum atomic E-state index is 13.2. The van der Waals surface area contributed by atoms with Crippen molar-refractivity contribution in [2.75, 3.05) is 0 Å². The normalized spacial score (nSPS) is 18.1. The summed E-state index contributed by atoms with van der Waals surface area (Å²) in [5.41, 5.74) is 3.19. The van der Waals surface area contributed by atoms with E-state index in [4.69, 9.17) is 11.6 Å². The lowest BCUT2D eigenvalue weighted by Gasteiger charge is -2.23. The molecule has 3 aromatic rings. The van der Waals surface area contributed by atoms with Gasteiger partial charge >= 0.3 is 0 Å². The molecule has 0 radical (unpaired) electrons. The van der Waals surface area contributed by atoms with Gasteiger partial charge in [-0.25, -0.2) is 0 Å². The molecule has 0 spiro atoms. The minimum Gasteiger partial charge on any atom is -0.317 e. The first-order valence-electron chi connectivity index (χ1n) is 8.84. The third-order valence-electron chi connectivity index (χ3n) is 4.51. The molecule has 4 rings (SSSR count). The molecule has 1 saturated heterocycles. The molecule has 1 unspecified atom stereocenters. The van der Waals surface area contributed by atoms with Crippen LogP contribution in [0.25, 0.3) is 6.08 Å². The van der Waals surface area contributed by atoms with Gasteiger partial charge in [0.25, 0.3) is 5.91 Å². The lowest BCUT2D eigenvalue weighted by atomic mass is 10.1. The van der Waals surface area contributed by atoms with Crippen LogP contribution in [-0.2, 0) is 11.3 Å². The molecule has 1 fully saturated rings. The first-order valence-corrected chi connectivity index (χ1v) is 10.9. The Labute approximate surface area is 182 Å². The van der Waals surface area contributed by atoms with E-state index >= 15 is 0 Å². The van der Waals surface area contributed by atoms with Crippen molar-refractivity contribution in [1.29, 1.82) is 0 Å². The highest BCUT2D eigenvalue weighted by Crippen LogP contribution is 2.47. The number of rotatable bonds is 4. The summed E-state index contributed by atoms with van der Waals surface area (Å²) in [5, 5.41) is 0.616. The van der Waals surface area contributed by atoms with Crippen LogP contribution in [0.4, 0.5) is 0 Å². The van der Waals surface area contributed by atoms with Crippen molar-refractivity contribution < 1.29 is 4.79 Å². The number of amides is 1. The number of carbonyl (C=O) groups excluding carboxylic acids is 1. The summed E-state index contributed by atoms with van der Waals surface area (Å²) >= 11 is 11.1. The largest absolute Gasteiger partial charge is 0.317 e. The molecule has 0 saturated carbocycles. The van der Waals surface area contributed by atoms with Crippen LogP contribution in [-0.4, -0.2) is 10.8 Å². The lowest BCUT2D eigenvalue weighted by Crippen LogP contribution is -2.27. The number of carbonyl (C=O) groups is 1. The number of benzene rings is 3. The summed E-state index contributed by atoms with van der Waals surface area (Å²) in [6.07, 6.45) is 1.97. The highest BCUT2D eigenvalue weighted by Gasteiger charge is 2.37. The van der Waals surface area contributed by atoms with E-state index in [0.29, 0.717) is 11.6 Å². The fourth-order valence-corrected chi connectivity index (χ4v) is 4.74. The van der Waals surface area contributed by atoms with Crippen molar-refractivity contribution in [2.45, 2.75) is 11.9 Å². The lowest BCUT2D eigenvalue weighted by molar-refractivity contribution is -0.126. The van der Waals surface area contributed by atoms with E-state index in [-0.39, 0.29) is 11.3 Å². The van der Waals surface area contributed by atoms with Crippen molar-refractivity contribution >= 4 is 51.3 Å². The number of halogens is 2. The van der Waals surface area contributed by atoms with Gasteiger partial charge in [0.1, 0.15) is 5.37 Å². The first kappa shape index (κ1) is 19.3. The monoisotopic (exact) mass is 469 g/mol. The molecule has 1 aliphatic rings. The summed E-state index contributed by atoms with van der Waals surface area (Å²) in [6.45, 7) is 0.567. The average molecular weight is 471 g/mol. The predicted molar refractivity (Wildman–Crippen MR) is 121 cm³/mol. The van der Waals surface area contributed by atoms with Crippen LogP contribution in [0, 0.1) is 0 Å². The van der Waals surface area contributed by atoms with Crippen LogP contribution in [0.1, 0.15) is 22.1 Å². The smallest absolute Gasteiger partial charge is 0.261 e. The van der Waals surface area contributed by atoms with E-state index in [1.165, 1.54) is 0 Å². The number of hydrogen-bond acceptors (Lipinski definition) is 2. The molecule has 3 aromatic carbocycles. The van der Waals surface area contributed by atoms with Crippen molar-refractivity contribution in [3.05, 3.63) is 110 Å². The molecule has 5 heteroatoms. The minimum absolute atomic E-state index is 0.0525. The van der Waals surface area contributed by atoms with Crippen LogP contribution >= 0.6 is 39.3 Å². The summed E-state index contributed by atoms with van der Waals surface area (Å²) in [5.74, 6) is 0.0525. The molecule has 1 atom stereocenters. The average Bonchev–Trinajstić information content (AvgIpc) is 3.01. The van der Waals surface area contributed by atoms with E-state index < -0.39 is 0 Å². The predicted octanol–water partition coefficient (Wildman–Crippen LogP) is 6.92. The summed E-state index contributed by atoms with van der Waals surface area (Å²) in [6, 6.07) is 25.8. The molecule has 0 aliphatic carbocycles. The number of thioether (sulfide) groups is 1. The van der Waals surface area contributed by atoms with Crippen LogP contribution in [0.2, 0.25) is 5.02 Å². The Morgan fingerprint density at radius 2 is 1.64 bits per heavy atom. The Bertz CT molecular complexity index is 1000. The standard InChI is InChI=1S/C23H17BrClNOS/c24-19-10-6-16(7-11-19)14-21-22(27)26(15-17-4-2-1-3-5-17)23(28-21)18-8-12-20(25)13-9-18/h1-14,23H,15H2/b21-14+. The fraction of sp³-hybridized carbons (Fsp3) is 0.0870. The van der Waals surface area contributed by atoms with Crippen LogP contribution in [0.15, 0.2) is 88.2 Å². The fourth-order valence-electron chi connectivity index (χ4n) is 3.10. The zero-order chi connectivity index (χ0) is 19.5. The second-order valence-corrected chi connectivity index (χ2v) is 8.97. The molecule has 1 amide bonds. The summed E-state index contributed by atoms with van der Waals surface area (Å²) in [7, 11) is 0. The Hall–Kier alpha value is -2.01. The van der Waals surface area contributed by atoms with Crippen molar-refractivity contribution in [3.8, 4) is 0 Å². The first-order chi connectivity index (χ1) is 13.6. The van der Waals surface area contributed by atoms with Gasteiger partial charge in [-0.1, -0.05) is 93.9 Å². The molecule has 0 aromatic heterocycles. The summed E-state index contributed by atoms with van der Waals surface area (Å²) in [4.78, 5) is 15.9. The second kappa shape index (κ2) is 8.56. The van der Waals surface area contributed by atoms with Crippen LogP contribution in [0.5, 0.6) is 0 Å². The van der Waals surface area contributed by atoms with Gasteiger partial charge in [-0.2, -0.15) is 0 Å². The van der Waals surface area contributed by atoms with Crippen molar-refractivity contribution in [1.82, 2.24) is 4.90 Å².